The molecule has 2 aliphatic rings. The van der Waals surface area contributed by atoms with Crippen molar-refractivity contribution >= 4 is 22.6 Å². The number of hydrogen-bond acceptors (Lipinski definition) is 3. The zero-order chi connectivity index (χ0) is 18.9. The molecule has 0 unspecified atom stereocenters. The van der Waals surface area contributed by atoms with Gasteiger partial charge in [0.25, 0.3) is 5.72 Å². The Kier molecular flexibility index (Phi) is 5.29. The number of anilines is 1. The lowest BCUT2D eigenvalue weighted by Gasteiger charge is -2.28. The molecule has 0 fully saturated rings. The van der Waals surface area contributed by atoms with Crippen LogP contribution in [0.4, 0.5) is 5.69 Å². The molecule has 3 nitrogen and oxygen atoms in total. The van der Waals surface area contributed by atoms with E-state index in [1.54, 1.807) is 0 Å². The first-order valence-electron chi connectivity index (χ1n) is 10.1. The monoisotopic (exact) mass is 381 g/mol. The highest BCUT2D eigenvalue weighted by Crippen LogP contribution is 2.39. The molecule has 1 N–H and O–H groups in total. The highest BCUT2D eigenvalue weighted by molar-refractivity contribution is 8.14. The first kappa shape index (κ1) is 18.6. The molecule has 0 aromatic heterocycles. The summed E-state index contributed by atoms with van der Waals surface area (Å²) in [4.78, 5) is 2.16. The lowest BCUT2D eigenvalue weighted by Crippen LogP contribution is -2.46. The van der Waals surface area contributed by atoms with Crippen molar-refractivity contribution in [2.24, 2.45) is 0 Å². The second-order valence-electron chi connectivity index (χ2n) is 7.69. The molecule has 1 atom stereocenters. The van der Waals surface area contributed by atoms with Crippen molar-refractivity contribution < 1.29 is 9.68 Å². The third kappa shape index (κ3) is 3.53. The first-order chi connectivity index (χ1) is 13.1. The summed E-state index contributed by atoms with van der Waals surface area (Å²) in [6.45, 7) is 5.95. The van der Waals surface area contributed by atoms with E-state index in [1.807, 2.05) is 11.8 Å². The summed E-state index contributed by atoms with van der Waals surface area (Å²) in [6.07, 6.45) is 4.72. The highest BCUT2D eigenvalue weighted by atomic mass is 32.2. The zero-order valence-electron chi connectivity index (χ0n) is 16.3. The van der Waals surface area contributed by atoms with Crippen LogP contribution in [0.2, 0.25) is 0 Å². The number of thioether (sulfide) groups is 1. The van der Waals surface area contributed by atoms with Crippen LogP contribution in [0.3, 0.4) is 0 Å². The van der Waals surface area contributed by atoms with Crippen molar-refractivity contribution in [2.75, 3.05) is 23.7 Å². The van der Waals surface area contributed by atoms with E-state index < -0.39 is 5.72 Å². The van der Waals surface area contributed by atoms with E-state index in [4.69, 9.17) is 0 Å². The third-order valence-corrected chi connectivity index (χ3v) is 6.77. The number of unbranched alkanes of at least 4 members (excludes halogenated alkanes) is 1. The van der Waals surface area contributed by atoms with Gasteiger partial charge in [0.05, 0.1) is 6.54 Å². The standard InChI is InChI=1S/C23H29N2OS/c1-3-4-6-19-9-13-21(14-10-19)25-22-24(15-5-16-27-22)17-23(25,26)20-11-7-18(2)8-12-20/h7-14,26H,3-6,15-17H2,1-2H3/q+1/t23-/m1/s1. The number of hydrogen-bond donors (Lipinski definition) is 1. The quantitative estimate of drug-likeness (QED) is 0.772. The van der Waals surface area contributed by atoms with Gasteiger partial charge in [0.1, 0.15) is 5.69 Å². The van der Waals surface area contributed by atoms with Gasteiger partial charge in [0.2, 0.25) is 0 Å². The molecule has 4 rings (SSSR count). The summed E-state index contributed by atoms with van der Waals surface area (Å²) in [6, 6.07) is 17.1. The van der Waals surface area contributed by atoms with Crippen LogP contribution in [-0.2, 0) is 12.1 Å². The molecular weight excluding hydrogens is 352 g/mol. The third-order valence-electron chi connectivity index (χ3n) is 5.57. The average Bonchev–Trinajstić information content (AvgIpc) is 3.00. The maximum absolute atomic E-state index is 11.9. The average molecular weight is 382 g/mol. The van der Waals surface area contributed by atoms with Crippen molar-refractivity contribution in [1.82, 2.24) is 0 Å². The molecule has 2 heterocycles. The summed E-state index contributed by atoms with van der Waals surface area (Å²) in [5.74, 6) is 1.11. The first-order valence-corrected chi connectivity index (χ1v) is 11.0. The molecule has 2 aromatic carbocycles. The molecular formula is C23H29N2OS+. The second-order valence-corrected chi connectivity index (χ2v) is 8.76. The Morgan fingerprint density at radius 3 is 2.56 bits per heavy atom. The molecule has 27 heavy (non-hydrogen) atoms. The van der Waals surface area contributed by atoms with Crippen LogP contribution in [0, 0.1) is 6.92 Å². The fourth-order valence-electron chi connectivity index (χ4n) is 4.01. The molecule has 2 aromatic rings. The highest BCUT2D eigenvalue weighted by Gasteiger charge is 2.55. The minimum atomic E-state index is -1.02. The van der Waals surface area contributed by atoms with Crippen LogP contribution in [0.25, 0.3) is 0 Å². The van der Waals surface area contributed by atoms with E-state index in [-0.39, 0.29) is 0 Å². The Morgan fingerprint density at radius 2 is 1.85 bits per heavy atom. The van der Waals surface area contributed by atoms with Crippen LogP contribution >= 0.6 is 11.8 Å². The van der Waals surface area contributed by atoms with Gasteiger partial charge in [-0.25, -0.2) is 4.58 Å². The van der Waals surface area contributed by atoms with Crippen LogP contribution in [0.15, 0.2) is 48.5 Å². The van der Waals surface area contributed by atoms with E-state index in [0.717, 1.165) is 30.0 Å². The number of aliphatic hydroxyl groups is 1. The summed E-state index contributed by atoms with van der Waals surface area (Å²) in [5, 5.41) is 13.0. The summed E-state index contributed by atoms with van der Waals surface area (Å²) < 4.78 is 2.35. The fraction of sp³-hybridized carbons (Fsp3) is 0.435. The second kappa shape index (κ2) is 7.69. The van der Waals surface area contributed by atoms with E-state index in [9.17, 15) is 5.11 Å². The van der Waals surface area contributed by atoms with Gasteiger partial charge in [-0.15, -0.1) is 0 Å². The largest absolute Gasteiger partial charge is 0.346 e. The molecule has 0 radical (unpaired) electrons. The van der Waals surface area contributed by atoms with E-state index in [1.165, 1.54) is 35.6 Å². The number of rotatable bonds is 5. The van der Waals surface area contributed by atoms with Crippen molar-refractivity contribution in [3.63, 3.8) is 0 Å². The Hall–Kier alpha value is -1.78. The Balaban J connectivity index is 1.72. The van der Waals surface area contributed by atoms with Gasteiger partial charge in [-0.2, -0.15) is 4.90 Å². The van der Waals surface area contributed by atoms with Crippen molar-refractivity contribution in [1.29, 1.82) is 0 Å². The van der Waals surface area contributed by atoms with Crippen LogP contribution in [0.1, 0.15) is 42.9 Å². The number of amidine groups is 1. The molecule has 2 aliphatic heterocycles. The molecule has 0 spiro atoms. The maximum Gasteiger partial charge on any atom is 0.316 e. The normalized spacial score (nSPS) is 22.3. The number of benzene rings is 2. The molecule has 0 saturated heterocycles. The predicted octanol–water partition coefficient (Wildman–Crippen LogP) is 4.51. The van der Waals surface area contributed by atoms with Gasteiger partial charge in [-0.3, -0.25) is 0 Å². The van der Waals surface area contributed by atoms with Crippen LogP contribution < -0.4 is 4.90 Å². The topological polar surface area (TPSA) is 26.5 Å². The number of nitrogens with zero attached hydrogens (tertiary/aromatic N) is 2. The van der Waals surface area contributed by atoms with Crippen molar-refractivity contribution in [3.8, 4) is 0 Å². The Bertz CT molecular complexity index is 828. The molecule has 0 bridgehead atoms. The molecule has 0 aliphatic carbocycles. The molecule has 0 saturated carbocycles. The molecule has 142 valence electrons. The van der Waals surface area contributed by atoms with E-state index in [2.05, 4.69) is 71.9 Å². The van der Waals surface area contributed by atoms with Crippen molar-refractivity contribution in [3.05, 3.63) is 65.2 Å². The van der Waals surface area contributed by atoms with E-state index in [0.29, 0.717) is 6.54 Å². The molecule has 0 amide bonds. The Labute approximate surface area is 166 Å². The summed E-state index contributed by atoms with van der Waals surface area (Å²) >= 11 is 1.86. The zero-order valence-corrected chi connectivity index (χ0v) is 17.1. The maximum atomic E-state index is 11.9. The van der Waals surface area contributed by atoms with Crippen LogP contribution in [0.5, 0.6) is 0 Å². The predicted molar refractivity (Wildman–Crippen MR) is 115 cm³/mol. The van der Waals surface area contributed by atoms with Gasteiger partial charge in [-0.05, 0) is 55.6 Å². The van der Waals surface area contributed by atoms with Gasteiger partial charge in [0, 0.05) is 11.3 Å². The van der Waals surface area contributed by atoms with Gasteiger partial charge < -0.3 is 5.11 Å². The lowest BCUT2D eigenvalue weighted by atomic mass is 9.99. The minimum absolute atomic E-state index is 0.621. The smallest absolute Gasteiger partial charge is 0.316 e. The summed E-state index contributed by atoms with van der Waals surface area (Å²) in [5.41, 5.74) is 3.60. The summed E-state index contributed by atoms with van der Waals surface area (Å²) in [7, 11) is 0. The number of aryl methyl sites for hydroxylation is 2. The molecule has 4 heteroatoms. The Morgan fingerprint density at radius 1 is 1.11 bits per heavy atom. The van der Waals surface area contributed by atoms with Crippen molar-refractivity contribution in [2.45, 2.75) is 45.3 Å². The van der Waals surface area contributed by atoms with Gasteiger partial charge >= 0.3 is 5.17 Å². The van der Waals surface area contributed by atoms with Gasteiger partial charge in [0.15, 0.2) is 6.54 Å². The van der Waals surface area contributed by atoms with Crippen LogP contribution in [-0.4, -0.2) is 33.7 Å². The fourth-order valence-corrected chi connectivity index (χ4v) is 5.19. The van der Waals surface area contributed by atoms with E-state index >= 15 is 0 Å². The SMILES string of the molecule is CCCCc1ccc(N2C3=[N+](CCCS3)C[C@@]2(O)c2ccc(C)cc2)cc1. The van der Waals surface area contributed by atoms with Gasteiger partial charge in [-0.1, -0.05) is 55.3 Å². The lowest BCUT2D eigenvalue weighted by molar-refractivity contribution is -0.532. The minimum Gasteiger partial charge on any atom is -0.346 e.